The van der Waals surface area contributed by atoms with E-state index in [1.165, 1.54) is 0 Å². The van der Waals surface area contributed by atoms with Crippen LogP contribution in [0.15, 0.2) is 0 Å². The number of alkyl halides is 1. The second kappa shape index (κ2) is 3.89. The monoisotopic (exact) mass is 178 g/mol. The van der Waals surface area contributed by atoms with Crippen molar-refractivity contribution in [1.82, 2.24) is 0 Å². The van der Waals surface area contributed by atoms with E-state index in [-0.39, 0.29) is 10.7 Å². The normalized spacial score (nSPS) is 13.2. The second-order valence-electron chi connectivity index (χ2n) is 1.45. The van der Waals surface area contributed by atoms with Gasteiger partial charge in [0, 0.05) is 0 Å². The molecule has 2 N–H and O–H groups in total. The molecule has 8 heavy (non-hydrogen) atoms. The maximum absolute atomic E-state index is 10.2. The predicted molar refractivity (Wildman–Crippen MR) is 36.5 cm³/mol. The van der Waals surface area contributed by atoms with Gasteiger partial charge in [-0.1, -0.05) is 29.3 Å². The number of primary amides is 1. The summed E-state index contributed by atoms with van der Waals surface area (Å²) in [6, 6.07) is 0. The molecule has 47 valence electrons. The number of carbonyl (C=O) groups is 1. The van der Waals surface area contributed by atoms with Gasteiger partial charge in [0.05, 0.1) is 4.83 Å². The quantitative estimate of drug-likeness (QED) is 0.641. The summed E-state index contributed by atoms with van der Waals surface area (Å²) in [6.45, 7) is 1.96. The molecule has 0 rings (SSSR count). The standard InChI is InChI=1S/C5H9BrNO/c1-2-3-4(6)5(7)8/h3-4H,2H2,1H3,(H2,7,8). The molecule has 1 amide bonds. The van der Waals surface area contributed by atoms with Crippen molar-refractivity contribution < 1.29 is 4.79 Å². The summed E-state index contributed by atoms with van der Waals surface area (Å²) in [5.41, 5.74) is 4.90. The lowest BCUT2D eigenvalue weighted by Crippen LogP contribution is -2.23. The van der Waals surface area contributed by atoms with E-state index >= 15 is 0 Å². The van der Waals surface area contributed by atoms with Gasteiger partial charge in [0.2, 0.25) is 5.91 Å². The van der Waals surface area contributed by atoms with Crippen LogP contribution in [0.3, 0.4) is 0 Å². The van der Waals surface area contributed by atoms with E-state index in [0.29, 0.717) is 0 Å². The zero-order valence-electron chi connectivity index (χ0n) is 4.73. The average molecular weight is 179 g/mol. The first kappa shape index (κ1) is 7.95. The van der Waals surface area contributed by atoms with Gasteiger partial charge in [-0.3, -0.25) is 4.79 Å². The molecule has 0 aromatic rings. The fourth-order valence-electron chi connectivity index (χ4n) is 0.323. The summed E-state index contributed by atoms with van der Waals surface area (Å²) in [4.78, 5) is 9.98. The number of halogens is 1. The minimum absolute atomic E-state index is 0.257. The Labute approximate surface area is 57.6 Å². The second-order valence-corrected chi connectivity index (χ2v) is 2.43. The topological polar surface area (TPSA) is 43.1 Å². The zero-order valence-corrected chi connectivity index (χ0v) is 6.31. The highest BCUT2D eigenvalue weighted by Gasteiger charge is 2.07. The number of rotatable bonds is 3. The third kappa shape index (κ3) is 3.02. The largest absolute Gasteiger partial charge is 0.369 e. The fourth-order valence-corrected chi connectivity index (χ4v) is 0.697. The Morgan fingerprint density at radius 2 is 2.50 bits per heavy atom. The van der Waals surface area contributed by atoms with Gasteiger partial charge in [-0.05, 0) is 6.42 Å². The van der Waals surface area contributed by atoms with Crippen molar-refractivity contribution in [2.24, 2.45) is 5.73 Å². The minimum Gasteiger partial charge on any atom is -0.369 e. The summed E-state index contributed by atoms with van der Waals surface area (Å²) in [5.74, 6) is -0.327. The first-order valence-corrected chi connectivity index (χ1v) is 3.36. The molecule has 0 aliphatic rings. The molecule has 1 unspecified atom stereocenters. The maximum Gasteiger partial charge on any atom is 0.231 e. The lowest BCUT2D eigenvalue weighted by Gasteiger charge is -1.98. The summed E-state index contributed by atoms with van der Waals surface area (Å²) in [6.07, 6.45) is 2.67. The number of nitrogens with two attached hydrogens (primary N) is 1. The number of carbonyl (C=O) groups excluding carboxylic acids is 1. The molecular weight excluding hydrogens is 170 g/mol. The van der Waals surface area contributed by atoms with Crippen LogP contribution in [0, 0.1) is 6.42 Å². The minimum atomic E-state index is -0.327. The van der Waals surface area contributed by atoms with Gasteiger partial charge in [0.15, 0.2) is 0 Å². The predicted octanol–water partition coefficient (Wildman–Crippen LogP) is 0.849. The van der Waals surface area contributed by atoms with Gasteiger partial charge >= 0.3 is 0 Å². The van der Waals surface area contributed by atoms with Crippen molar-refractivity contribution in [2.45, 2.75) is 18.2 Å². The first-order chi connectivity index (χ1) is 3.68. The van der Waals surface area contributed by atoms with Crippen molar-refractivity contribution in [3.8, 4) is 0 Å². The molecule has 0 aromatic heterocycles. The van der Waals surface area contributed by atoms with E-state index in [0.717, 1.165) is 6.42 Å². The molecular formula is C5H9BrNO. The third-order valence-corrected chi connectivity index (χ3v) is 1.54. The van der Waals surface area contributed by atoms with Gasteiger partial charge in [0.1, 0.15) is 0 Å². The summed E-state index contributed by atoms with van der Waals surface area (Å²) in [5, 5.41) is 0. The van der Waals surface area contributed by atoms with E-state index in [9.17, 15) is 4.79 Å². The Kier molecular flexibility index (Phi) is 3.87. The van der Waals surface area contributed by atoms with Crippen LogP contribution in [-0.2, 0) is 4.79 Å². The van der Waals surface area contributed by atoms with Crippen molar-refractivity contribution in [3.05, 3.63) is 6.42 Å². The third-order valence-electron chi connectivity index (χ3n) is 0.714. The highest BCUT2D eigenvalue weighted by Crippen LogP contribution is 2.04. The van der Waals surface area contributed by atoms with Crippen LogP contribution in [0.1, 0.15) is 13.3 Å². The van der Waals surface area contributed by atoms with Gasteiger partial charge < -0.3 is 5.73 Å². The van der Waals surface area contributed by atoms with Crippen LogP contribution in [-0.4, -0.2) is 10.7 Å². The molecule has 0 bridgehead atoms. The van der Waals surface area contributed by atoms with Crippen molar-refractivity contribution >= 4 is 21.8 Å². The molecule has 2 nitrogen and oxygen atoms in total. The van der Waals surface area contributed by atoms with Crippen molar-refractivity contribution in [2.75, 3.05) is 0 Å². The Morgan fingerprint density at radius 1 is 2.00 bits per heavy atom. The van der Waals surface area contributed by atoms with Crippen LogP contribution in [0.5, 0.6) is 0 Å². The van der Waals surface area contributed by atoms with Gasteiger partial charge in [-0.25, -0.2) is 0 Å². The molecule has 0 aliphatic heterocycles. The Morgan fingerprint density at radius 3 is 2.62 bits per heavy atom. The van der Waals surface area contributed by atoms with Crippen molar-refractivity contribution in [3.63, 3.8) is 0 Å². The Hall–Kier alpha value is -0.0500. The van der Waals surface area contributed by atoms with Crippen LogP contribution in [0.4, 0.5) is 0 Å². The highest BCUT2D eigenvalue weighted by molar-refractivity contribution is 9.10. The summed E-state index contributed by atoms with van der Waals surface area (Å²) in [7, 11) is 0. The molecule has 3 heteroatoms. The summed E-state index contributed by atoms with van der Waals surface area (Å²) >= 11 is 3.07. The summed E-state index contributed by atoms with van der Waals surface area (Å²) < 4.78 is 0. The van der Waals surface area contributed by atoms with Crippen LogP contribution in [0.25, 0.3) is 0 Å². The first-order valence-electron chi connectivity index (χ1n) is 2.45. The smallest absolute Gasteiger partial charge is 0.231 e. The lowest BCUT2D eigenvalue weighted by atomic mass is 10.2. The molecule has 0 fully saturated rings. The van der Waals surface area contributed by atoms with Crippen molar-refractivity contribution in [1.29, 1.82) is 0 Å². The molecule has 0 saturated carbocycles. The number of hydrogen-bond acceptors (Lipinski definition) is 1. The SMILES string of the molecule is CC[CH]C(Br)C(N)=O. The number of amides is 1. The van der Waals surface area contributed by atoms with Gasteiger partial charge in [0.25, 0.3) is 0 Å². The van der Waals surface area contributed by atoms with E-state index in [1.807, 2.05) is 13.3 Å². The van der Waals surface area contributed by atoms with Crippen LogP contribution >= 0.6 is 15.9 Å². The molecule has 0 saturated heterocycles. The maximum atomic E-state index is 10.2. The highest BCUT2D eigenvalue weighted by atomic mass is 79.9. The Bertz CT molecular complexity index is 84.5. The zero-order chi connectivity index (χ0) is 6.57. The number of hydrogen-bond donors (Lipinski definition) is 1. The Balaban J connectivity index is 3.32. The van der Waals surface area contributed by atoms with E-state index in [1.54, 1.807) is 0 Å². The van der Waals surface area contributed by atoms with Gasteiger partial charge in [-0.2, -0.15) is 0 Å². The van der Waals surface area contributed by atoms with E-state index in [4.69, 9.17) is 5.73 Å². The fraction of sp³-hybridized carbons (Fsp3) is 0.600. The van der Waals surface area contributed by atoms with E-state index in [2.05, 4.69) is 15.9 Å². The van der Waals surface area contributed by atoms with E-state index < -0.39 is 0 Å². The molecule has 0 heterocycles. The molecule has 1 radical (unpaired) electrons. The molecule has 0 aliphatic carbocycles. The molecule has 1 atom stereocenters. The van der Waals surface area contributed by atoms with Crippen LogP contribution in [0.2, 0.25) is 0 Å². The molecule has 0 spiro atoms. The van der Waals surface area contributed by atoms with Crippen LogP contribution < -0.4 is 5.73 Å². The molecule has 0 aromatic carbocycles. The van der Waals surface area contributed by atoms with Gasteiger partial charge in [-0.15, -0.1) is 0 Å². The lowest BCUT2D eigenvalue weighted by molar-refractivity contribution is -0.116. The average Bonchev–Trinajstić information content (AvgIpc) is 1.67.